The van der Waals surface area contributed by atoms with Gasteiger partial charge in [-0.25, -0.2) is 0 Å². The number of carbonyl (C=O) groups excluding carboxylic acids is 1. The summed E-state index contributed by atoms with van der Waals surface area (Å²) >= 11 is 0. The molecular formula is C16H23NO3. The Morgan fingerprint density at radius 3 is 2.85 bits per heavy atom. The molecule has 1 aromatic carbocycles. The van der Waals surface area contributed by atoms with Gasteiger partial charge in [0, 0.05) is 6.54 Å². The van der Waals surface area contributed by atoms with Crippen LogP contribution in [0.2, 0.25) is 0 Å². The van der Waals surface area contributed by atoms with Crippen LogP contribution in [0.5, 0.6) is 5.75 Å². The second-order valence-electron chi connectivity index (χ2n) is 5.58. The maximum Gasteiger partial charge on any atom is 0.223 e. The monoisotopic (exact) mass is 277 g/mol. The summed E-state index contributed by atoms with van der Waals surface area (Å²) in [7, 11) is 0. The molecule has 1 unspecified atom stereocenters. The Hall–Kier alpha value is -1.55. The van der Waals surface area contributed by atoms with Gasteiger partial charge in [-0.15, -0.1) is 0 Å². The first-order chi connectivity index (χ1) is 9.56. The third kappa shape index (κ3) is 4.53. The lowest BCUT2D eigenvalue weighted by Gasteiger charge is -2.12. The highest BCUT2D eigenvalue weighted by molar-refractivity contribution is 5.76. The summed E-state index contributed by atoms with van der Waals surface area (Å²) in [6.45, 7) is 4.74. The van der Waals surface area contributed by atoms with E-state index in [2.05, 4.69) is 11.4 Å². The normalized spacial score (nSPS) is 15.8. The van der Waals surface area contributed by atoms with Crippen molar-refractivity contribution in [2.75, 3.05) is 13.2 Å². The smallest absolute Gasteiger partial charge is 0.223 e. The molecule has 1 fully saturated rings. The minimum Gasteiger partial charge on any atom is -0.493 e. The van der Waals surface area contributed by atoms with Crippen molar-refractivity contribution in [2.24, 2.45) is 5.92 Å². The molecule has 0 heterocycles. The van der Waals surface area contributed by atoms with Gasteiger partial charge in [-0.05, 0) is 44.2 Å². The molecule has 2 rings (SSSR count). The number of aliphatic hydroxyl groups excluding tert-OH is 1. The summed E-state index contributed by atoms with van der Waals surface area (Å²) in [5.41, 5.74) is 2.27. The first-order valence-corrected chi connectivity index (χ1v) is 7.21. The van der Waals surface area contributed by atoms with Gasteiger partial charge in [0.25, 0.3) is 0 Å². The predicted octanol–water partition coefficient (Wildman–Crippen LogP) is 1.96. The lowest BCUT2D eigenvalue weighted by atomic mass is 10.1. The highest BCUT2D eigenvalue weighted by Crippen LogP contribution is 2.32. The fraction of sp³-hybridized carbons (Fsp3) is 0.562. The van der Waals surface area contributed by atoms with Crippen molar-refractivity contribution in [1.82, 2.24) is 5.32 Å². The van der Waals surface area contributed by atoms with Gasteiger partial charge < -0.3 is 15.2 Å². The van der Waals surface area contributed by atoms with Gasteiger partial charge >= 0.3 is 0 Å². The van der Waals surface area contributed by atoms with E-state index in [1.807, 2.05) is 26.0 Å². The van der Waals surface area contributed by atoms with Gasteiger partial charge in [0.2, 0.25) is 5.91 Å². The van der Waals surface area contributed by atoms with Crippen LogP contribution in [0.25, 0.3) is 0 Å². The van der Waals surface area contributed by atoms with E-state index in [-0.39, 0.29) is 12.0 Å². The van der Waals surface area contributed by atoms with Crippen molar-refractivity contribution >= 4 is 5.91 Å². The molecule has 4 nitrogen and oxygen atoms in total. The lowest BCUT2D eigenvalue weighted by Crippen LogP contribution is -2.33. The fourth-order valence-corrected chi connectivity index (χ4v) is 2.17. The van der Waals surface area contributed by atoms with Gasteiger partial charge in [0.1, 0.15) is 5.75 Å². The lowest BCUT2D eigenvalue weighted by molar-refractivity contribution is -0.122. The quantitative estimate of drug-likeness (QED) is 0.801. The number of hydrogen-bond acceptors (Lipinski definition) is 3. The predicted molar refractivity (Wildman–Crippen MR) is 77.8 cm³/mol. The molecule has 20 heavy (non-hydrogen) atoms. The van der Waals surface area contributed by atoms with Crippen LogP contribution in [0.1, 0.15) is 30.4 Å². The second kappa shape index (κ2) is 6.75. The highest BCUT2D eigenvalue weighted by atomic mass is 16.5. The first-order valence-electron chi connectivity index (χ1n) is 7.21. The summed E-state index contributed by atoms with van der Waals surface area (Å²) < 4.78 is 5.61. The number of rotatable bonds is 7. The molecule has 4 heteroatoms. The zero-order chi connectivity index (χ0) is 14.5. The summed E-state index contributed by atoms with van der Waals surface area (Å²) in [6, 6.07) is 5.98. The van der Waals surface area contributed by atoms with E-state index in [0.29, 0.717) is 25.5 Å². The van der Waals surface area contributed by atoms with Crippen molar-refractivity contribution in [3.05, 3.63) is 29.3 Å². The van der Waals surface area contributed by atoms with Crippen LogP contribution in [0.3, 0.4) is 0 Å². The SMILES string of the molecule is Cc1ccc(OCCC(=O)NCC(O)C2CC2)c(C)c1. The number of benzene rings is 1. The maximum absolute atomic E-state index is 11.6. The summed E-state index contributed by atoms with van der Waals surface area (Å²) in [5.74, 6) is 1.14. The molecule has 1 aromatic rings. The molecule has 1 atom stereocenters. The molecule has 0 aliphatic heterocycles. The molecule has 0 bridgehead atoms. The van der Waals surface area contributed by atoms with E-state index in [0.717, 1.165) is 24.2 Å². The Bertz CT molecular complexity index is 469. The van der Waals surface area contributed by atoms with Crippen LogP contribution in [-0.2, 0) is 4.79 Å². The number of nitrogens with one attached hydrogen (secondary N) is 1. The average molecular weight is 277 g/mol. The van der Waals surface area contributed by atoms with Gasteiger partial charge in [-0.3, -0.25) is 4.79 Å². The van der Waals surface area contributed by atoms with Crippen LogP contribution >= 0.6 is 0 Å². The van der Waals surface area contributed by atoms with Crippen LogP contribution in [0.15, 0.2) is 18.2 Å². The third-order valence-corrected chi connectivity index (χ3v) is 3.59. The van der Waals surface area contributed by atoms with Gasteiger partial charge in [0.05, 0.1) is 19.1 Å². The zero-order valence-electron chi connectivity index (χ0n) is 12.2. The summed E-state index contributed by atoms with van der Waals surface area (Å²) in [5, 5.41) is 12.4. The van der Waals surface area contributed by atoms with E-state index in [9.17, 15) is 9.90 Å². The standard InChI is InChI=1S/C16H23NO3/c1-11-3-6-15(12(2)9-11)20-8-7-16(19)17-10-14(18)13-4-5-13/h3,6,9,13-14,18H,4-5,7-8,10H2,1-2H3,(H,17,19). The molecule has 1 aliphatic carbocycles. The molecule has 0 saturated heterocycles. The maximum atomic E-state index is 11.6. The molecule has 0 spiro atoms. The molecule has 110 valence electrons. The van der Waals surface area contributed by atoms with Crippen molar-refractivity contribution in [2.45, 2.75) is 39.2 Å². The topological polar surface area (TPSA) is 58.6 Å². The number of aryl methyl sites for hydroxylation is 2. The van der Waals surface area contributed by atoms with Crippen LogP contribution < -0.4 is 10.1 Å². The molecule has 0 radical (unpaired) electrons. The van der Waals surface area contributed by atoms with Crippen molar-refractivity contribution in [3.63, 3.8) is 0 Å². The van der Waals surface area contributed by atoms with Crippen molar-refractivity contribution in [3.8, 4) is 5.75 Å². The van der Waals surface area contributed by atoms with E-state index in [4.69, 9.17) is 4.74 Å². The second-order valence-corrected chi connectivity index (χ2v) is 5.58. The van der Waals surface area contributed by atoms with Crippen molar-refractivity contribution < 1.29 is 14.6 Å². The molecule has 1 aliphatic rings. The molecule has 0 aromatic heterocycles. The van der Waals surface area contributed by atoms with Gasteiger partial charge in [-0.1, -0.05) is 17.7 Å². The Kier molecular flexibility index (Phi) is 5.01. The zero-order valence-corrected chi connectivity index (χ0v) is 12.2. The molecular weight excluding hydrogens is 254 g/mol. The van der Waals surface area contributed by atoms with Crippen LogP contribution in [-0.4, -0.2) is 30.3 Å². The minimum atomic E-state index is -0.390. The largest absolute Gasteiger partial charge is 0.493 e. The first kappa shape index (κ1) is 14.9. The molecule has 1 amide bonds. The fourth-order valence-electron chi connectivity index (χ4n) is 2.17. The van der Waals surface area contributed by atoms with Crippen LogP contribution in [0, 0.1) is 19.8 Å². The Morgan fingerprint density at radius 1 is 1.45 bits per heavy atom. The average Bonchev–Trinajstić information content (AvgIpc) is 3.23. The Morgan fingerprint density at radius 2 is 2.20 bits per heavy atom. The Labute approximate surface area is 120 Å². The number of ether oxygens (including phenoxy) is 1. The molecule has 1 saturated carbocycles. The van der Waals surface area contributed by atoms with Crippen molar-refractivity contribution in [1.29, 1.82) is 0 Å². The summed E-state index contributed by atoms with van der Waals surface area (Å²) in [4.78, 5) is 11.6. The van der Waals surface area contributed by atoms with E-state index in [1.165, 1.54) is 5.56 Å². The van der Waals surface area contributed by atoms with E-state index < -0.39 is 0 Å². The minimum absolute atomic E-state index is 0.0746. The Balaban J connectivity index is 1.65. The van der Waals surface area contributed by atoms with E-state index in [1.54, 1.807) is 0 Å². The van der Waals surface area contributed by atoms with E-state index >= 15 is 0 Å². The number of amides is 1. The van der Waals surface area contributed by atoms with Crippen LogP contribution in [0.4, 0.5) is 0 Å². The third-order valence-electron chi connectivity index (χ3n) is 3.59. The van der Waals surface area contributed by atoms with Gasteiger partial charge in [0.15, 0.2) is 0 Å². The highest BCUT2D eigenvalue weighted by Gasteiger charge is 2.29. The summed E-state index contributed by atoms with van der Waals surface area (Å²) in [6.07, 6.45) is 2.07. The number of aliphatic hydroxyl groups is 1. The number of hydrogen-bond donors (Lipinski definition) is 2. The van der Waals surface area contributed by atoms with Gasteiger partial charge in [-0.2, -0.15) is 0 Å². The number of carbonyl (C=O) groups is 1. The molecule has 2 N–H and O–H groups in total.